The highest BCUT2D eigenvalue weighted by Crippen LogP contribution is 2.29. The number of carboxylic acid groups (broad SMARTS) is 1. The van der Waals surface area contributed by atoms with E-state index < -0.39 is 5.97 Å². The first kappa shape index (κ1) is 25.9. The number of likely N-dealkylation sites (tertiary alicyclic amines) is 2. The van der Waals surface area contributed by atoms with Crippen LogP contribution in [0.2, 0.25) is 0 Å². The van der Waals surface area contributed by atoms with Gasteiger partial charge in [-0.1, -0.05) is 37.1 Å². The number of H-pyrrole nitrogens is 1. The topological polar surface area (TPSA) is 109 Å². The van der Waals surface area contributed by atoms with Crippen LogP contribution < -0.4 is 5.73 Å². The number of aromatic nitrogens is 1. The number of nitriles is 1. The second kappa shape index (κ2) is 12.7. The number of piperidine rings is 1. The number of rotatable bonds is 5. The van der Waals surface area contributed by atoms with Gasteiger partial charge in [0.2, 0.25) is 0 Å². The molecule has 0 saturated carbocycles. The van der Waals surface area contributed by atoms with Crippen LogP contribution in [0.3, 0.4) is 0 Å². The van der Waals surface area contributed by atoms with E-state index in [1.807, 2.05) is 30.3 Å². The van der Waals surface area contributed by atoms with Crippen LogP contribution in [0, 0.1) is 11.3 Å². The molecule has 0 aliphatic carbocycles. The van der Waals surface area contributed by atoms with E-state index in [0.717, 1.165) is 22.0 Å². The van der Waals surface area contributed by atoms with Gasteiger partial charge in [0.05, 0.1) is 11.6 Å². The molecule has 2 aromatic carbocycles. The minimum absolute atomic E-state index is 0.156. The van der Waals surface area contributed by atoms with E-state index in [0.29, 0.717) is 11.6 Å². The summed E-state index contributed by atoms with van der Waals surface area (Å²) in [4.78, 5) is 19.2. The smallest absolute Gasteiger partial charge is 0.352 e. The van der Waals surface area contributed by atoms with Crippen molar-refractivity contribution in [1.82, 2.24) is 14.8 Å². The third-order valence-electron chi connectivity index (χ3n) is 7.26. The van der Waals surface area contributed by atoms with E-state index in [4.69, 9.17) is 16.1 Å². The Hall–Kier alpha value is -3.18. The molecule has 7 nitrogen and oxygen atoms in total. The molecule has 5 rings (SSSR count). The largest absolute Gasteiger partial charge is 0.477 e. The molecule has 1 aromatic heterocycles. The molecule has 0 unspecified atom stereocenters. The number of hydrogen-bond donors (Lipinski definition) is 3. The highest BCUT2D eigenvalue weighted by Gasteiger charge is 2.17. The first-order chi connectivity index (χ1) is 17.5. The Morgan fingerprint density at radius 1 is 0.972 bits per heavy atom. The fraction of sp³-hybridized carbons (Fsp3) is 0.448. The van der Waals surface area contributed by atoms with Crippen LogP contribution in [0.5, 0.6) is 0 Å². The van der Waals surface area contributed by atoms with Crippen LogP contribution in [0.25, 0.3) is 22.0 Å². The number of carbonyl (C=O) groups is 1. The van der Waals surface area contributed by atoms with E-state index in [9.17, 15) is 4.79 Å². The minimum atomic E-state index is -0.988. The molecule has 3 aromatic rings. The van der Waals surface area contributed by atoms with Crippen molar-refractivity contribution in [2.45, 2.75) is 44.6 Å². The van der Waals surface area contributed by atoms with Crippen molar-refractivity contribution in [2.75, 3.05) is 39.3 Å². The summed E-state index contributed by atoms with van der Waals surface area (Å²) in [5.74, 6) is -0.988. The fourth-order valence-corrected chi connectivity index (χ4v) is 5.10. The van der Waals surface area contributed by atoms with Crippen LogP contribution in [-0.4, -0.2) is 71.2 Å². The number of aromatic carboxylic acids is 1. The maximum absolute atomic E-state index is 11.0. The van der Waals surface area contributed by atoms with Crippen LogP contribution in [0.15, 0.2) is 48.5 Å². The fourth-order valence-electron chi connectivity index (χ4n) is 5.10. The molecule has 0 atom stereocenters. The van der Waals surface area contributed by atoms with Gasteiger partial charge in [-0.3, -0.25) is 0 Å². The van der Waals surface area contributed by atoms with Crippen LogP contribution in [0.4, 0.5) is 0 Å². The molecule has 190 valence electrons. The van der Waals surface area contributed by atoms with Crippen LogP contribution >= 0.6 is 0 Å². The summed E-state index contributed by atoms with van der Waals surface area (Å²) < 4.78 is 0. The number of nitrogens with one attached hydrogen (secondary N) is 1. The molecule has 4 N–H and O–H groups in total. The monoisotopic (exact) mass is 487 g/mol. The van der Waals surface area contributed by atoms with E-state index in [1.165, 1.54) is 77.8 Å². The second-order valence-electron chi connectivity index (χ2n) is 9.88. The lowest BCUT2D eigenvalue weighted by Gasteiger charge is -2.32. The van der Waals surface area contributed by atoms with Gasteiger partial charge >= 0.3 is 5.97 Å². The zero-order chi connectivity index (χ0) is 25.3. The van der Waals surface area contributed by atoms with E-state index in [1.54, 1.807) is 18.2 Å². The number of hydrogen-bond acceptors (Lipinski definition) is 5. The van der Waals surface area contributed by atoms with Crippen molar-refractivity contribution >= 4 is 16.9 Å². The maximum atomic E-state index is 11.0. The Labute approximate surface area is 213 Å². The molecule has 0 radical (unpaired) electrons. The van der Waals surface area contributed by atoms with Gasteiger partial charge in [0.1, 0.15) is 5.69 Å². The number of fused-ring (bicyclic) bond motifs is 1. The summed E-state index contributed by atoms with van der Waals surface area (Å²) in [6.45, 7) is 7.62. The summed E-state index contributed by atoms with van der Waals surface area (Å²) in [7, 11) is 0. The summed E-state index contributed by atoms with van der Waals surface area (Å²) in [5, 5.41) is 18.9. The number of benzene rings is 2. The average molecular weight is 488 g/mol. The maximum Gasteiger partial charge on any atom is 0.352 e. The van der Waals surface area contributed by atoms with Gasteiger partial charge in [0, 0.05) is 30.0 Å². The molecule has 3 heterocycles. The highest BCUT2D eigenvalue weighted by molar-refractivity contribution is 6.00. The van der Waals surface area contributed by atoms with E-state index in [-0.39, 0.29) is 5.69 Å². The lowest BCUT2D eigenvalue weighted by molar-refractivity contribution is 0.0691. The van der Waals surface area contributed by atoms with Gasteiger partial charge in [-0.2, -0.15) is 5.26 Å². The van der Waals surface area contributed by atoms with Crippen molar-refractivity contribution in [2.24, 2.45) is 5.73 Å². The van der Waals surface area contributed by atoms with Crippen molar-refractivity contribution in [3.8, 4) is 17.2 Å². The molecule has 2 aliphatic heterocycles. The third kappa shape index (κ3) is 6.94. The van der Waals surface area contributed by atoms with Gasteiger partial charge in [0.25, 0.3) is 0 Å². The number of aromatic amines is 1. The molecule has 7 heteroatoms. The van der Waals surface area contributed by atoms with Crippen LogP contribution in [0.1, 0.15) is 54.6 Å². The standard InChI is InChI=1S/C16H10N2O2.C13H27N3/c17-9-10-3-1-4-11(7-10)12-5-2-6-14-13(12)8-15(18-14)16(19)20;14-13-5-9-16(10-6-13)12-11-15-7-3-1-2-4-8-15/h1-8,18H,(H,19,20);13H,1-12,14H2. The van der Waals surface area contributed by atoms with Gasteiger partial charge in [0.15, 0.2) is 0 Å². The molecular weight excluding hydrogens is 450 g/mol. The zero-order valence-electron chi connectivity index (χ0n) is 21.0. The van der Waals surface area contributed by atoms with Crippen molar-refractivity contribution in [1.29, 1.82) is 5.26 Å². The molecule has 0 bridgehead atoms. The number of carboxylic acids is 1. The molecular formula is C29H37N5O2. The van der Waals surface area contributed by atoms with Gasteiger partial charge in [-0.15, -0.1) is 0 Å². The number of nitrogens with two attached hydrogens (primary N) is 1. The second-order valence-corrected chi connectivity index (χ2v) is 9.88. The summed E-state index contributed by atoms with van der Waals surface area (Å²) in [5.41, 5.74) is 9.22. The zero-order valence-corrected chi connectivity index (χ0v) is 21.0. The highest BCUT2D eigenvalue weighted by atomic mass is 16.4. The minimum Gasteiger partial charge on any atom is -0.477 e. The molecule has 2 fully saturated rings. The SMILES string of the molecule is N#Cc1cccc(-c2cccc3[nH]c(C(=O)O)cc23)c1.NC1CCN(CCN2CCCCCC2)CC1. The predicted molar refractivity (Wildman–Crippen MR) is 144 cm³/mol. The summed E-state index contributed by atoms with van der Waals surface area (Å²) in [6, 6.07) is 17.1. The van der Waals surface area contributed by atoms with Crippen molar-refractivity contribution in [3.63, 3.8) is 0 Å². The Balaban J connectivity index is 0.000000174. The predicted octanol–water partition coefficient (Wildman–Crippen LogP) is 4.69. The molecule has 2 saturated heterocycles. The lowest BCUT2D eigenvalue weighted by Crippen LogP contribution is -2.43. The Bertz CT molecular complexity index is 1180. The first-order valence-corrected chi connectivity index (χ1v) is 13.1. The quantitative estimate of drug-likeness (QED) is 0.482. The van der Waals surface area contributed by atoms with Gasteiger partial charge in [-0.05, 0) is 87.3 Å². The van der Waals surface area contributed by atoms with E-state index >= 15 is 0 Å². The van der Waals surface area contributed by atoms with Gasteiger partial charge < -0.3 is 25.6 Å². The molecule has 0 amide bonds. The van der Waals surface area contributed by atoms with Crippen molar-refractivity contribution < 1.29 is 9.90 Å². The Morgan fingerprint density at radius 2 is 1.64 bits per heavy atom. The summed E-state index contributed by atoms with van der Waals surface area (Å²) >= 11 is 0. The van der Waals surface area contributed by atoms with Crippen LogP contribution in [-0.2, 0) is 0 Å². The Kier molecular flexibility index (Phi) is 9.12. The third-order valence-corrected chi connectivity index (χ3v) is 7.26. The summed E-state index contributed by atoms with van der Waals surface area (Å²) in [6.07, 6.45) is 8.08. The van der Waals surface area contributed by atoms with Gasteiger partial charge in [-0.25, -0.2) is 4.79 Å². The molecule has 0 spiro atoms. The van der Waals surface area contributed by atoms with Crippen molar-refractivity contribution in [3.05, 3.63) is 59.8 Å². The Morgan fingerprint density at radius 3 is 2.31 bits per heavy atom. The first-order valence-electron chi connectivity index (χ1n) is 13.1. The molecule has 36 heavy (non-hydrogen) atoms. The normalized spacial score (nSPS) is 17.7. The van der Waals surface area contributed by atoms with E-state index in [2.05, 4.69) is 20.9 Å². The molecule has 2 aliphatic rings. The lowest BCUT2D eigenvalue weighted by atomic mass is 10.00. The average Bonchev–Trinajstić information content (AvgIpc) is 3.18. The number of nitrogens with zero attached hydrogens (tertiary/aromatic N) is 3.